The van der Waals surface area contributed by atoms with Crippen molar-refractivity contribution in [2.45, 2.75) is 13.0 Å². The largest absolute Gasteiger partial charge is 0.495 e. The second-order valence-corrected chi connectivity index (χ2v) is 9.01. The molecule has 11 heteroatoms. The van der Waals surface area contributed by atoms with Crippen LogP contribution in [0.1, 0.15) is 6.92 Å². The molecule has 1 aliphatic heterocycles. The highest BCUT2D eigenvalue weighted by atomic mass is 35.5. The number of sulfonamides is 1. The summed E-state index contributed by atoms with van der Waals surface area (Å²) in [5.41, 5.74) is 0.561. The topological polar surface area (TPSA) is 103 Å². The SMILES string of the molecule is COc1cc(NC(=O)[C@@H](C)N(c2ccc3c(c2)OCCO3)S(C)(=O)=O)c(OC)cc1Cl. The number of carbonyl (C=O) groups excluding carboxylic acids is 1. The molecule has 1 heterocycles. The highest BCUT2D eigenvalue weighted by Gasteiger charge is 2.31. The van der Waals surface area contributed by atoms with Crippen molar-refractivity contribution in [3.63, 3.8) is 0 Å². The minimum atomic E-state index is -3.82. The Hall–Kier alpha value is -2.85. The van der Waals surface area contributed by atoms with Gasteiger partial charge in [-0.25, -0.2) is 8.42 Å². The maximum absolute atomic E-state index is 13.0. The third-order valence-electron chi connectivity index (χ3n) is 4.60. The summed E-state index contributed by atoms with van der Waals surface area (Å²) in [7, 11) is -0.952. The molecule has 0 radical (unpaired) electrons. The third kappa shape index (κ3) is 4.91. The fraction of sp³-hybridized carbons (Fsp3) is 0.350. The van der Waals surface area contributed by atoms with Crippen molar-refractivity contribution >= 4 is 38.9 Å². The van der Waals surface area contributed by atoms with E-state index in [-0.39, 0.29) is 11.4 Å². The first-order valence-electron chi connectivity index (χ1n) is 9.27. The Kier molecular flexibility index (Phi) is 6.71. The van der Waals surface area contributed by atoms with Crippen molar-refractivity contribution in [2.24, 2.45) is 0 Å². The van der Waals surface area contributed by atoms with Crippen LogP contribution in [0.15, 0.2) is 30.3 Å². The van der Waals surface area contributed by atoms with Crippen LogP contribution in [0.3, 0.4) is 0 Å². The molecule has 3 rings (SSSR count). The van der Waals surface area contributed by atoms with E-state index in [2.05, 4.69) is 5.32 Å². The monoisotopic (exact) mass is 470 g/mol. The summed E-state index contributed by atoms with van der Waals surface area (Å²) in [5.74, 6) is 0.976. The van der Waals surface area contributed by atoms with Crippen LogP contribution in [0.4, 0.5) is 11.4 Å². The maximum Gasteiger partial charge on any atom is 0.248 e. The summed E-state index contributed by atoms with van der Waals surface area (Å²) in [4.78, 5) is 13.0. The number of hydrogen-bond donors (Lipinski definition) is 1. The number of halogens is 1. The summed E-state index contributed by atoms with van der Waals surface area (Å²) >= 11 is 6.10. The number of nitrogens with zero attached hydrogens (tertiary/aromatic N) is 1. The highest BCUT2D eigenvalue weighted by molar-refractivity contribution is 7.92. The molecule has 0 saturated carbocycles. The normalized spacial score (nSPS) is 13.8. The third-order valence-corrected chi connectivity index (χ3v) is 6.14. The van der Waals surface area contributed by atoms with E-state index in [1.165, 1.54) is 39.3 Å². The number of carbonyl (C=O) groups is 1. The van der Waals surface area contributed by atoms with Gasteiger partial charge in [0.2, 0.25) is 15.9 Å². The molecule has 0 saturated heterocycles. The number of anilines is 2. The van der Waals surface area contributed by atoms with Gasteiger partial charge in [-0.05, 0) is 19.1 Å². The van der Waals surface area contributed by atoms with Gasteiger partial charge in [0.15, 0.2) is 11.5 Å². The average molecular weight is 471 g/mol. The molecule has 0 aromatic heterocycles. The zero-order valence-corrected chi connectivity index (χ0v) is 19.0. The van der Waals surface area contributed by atoms with E-state index in [9.17, 15) is 13.2 Å². The predicted octanol–water partition coefficient (Wildman–Crippen LogP) is 2.92. The average Bonchev–Trinajstić information content (AvgIpc) is 2.73. The second-order valence-electron chi connectivity index (χ2n) is 6.74. The van der Waals surface area contributed by atoms with Crippen LogP contribution in [0.2, 0.25) is 5.02 Å². The van der Waals surface area contributed by atoms with Crippen molar-refractivity contribution in [3.8, 4) is 23.0 Å². The molecule has 2 aromatic rings. The van der Waals surface area contributed by atoms with E-state index < -0.39 is 22.0 Å². The van der Waals surface area contributed by atoms with E-state index >= 15 is 0 Å². The van der Waals surface area contributed by atoms with E-state index in [0.717, 1.165) is 10.6 Å². The Balaban J connectivity index is 1.93. The summed E-state index contributed by atoms with van der Waals surface area (Å²) in [6.07, 6.45) is 1.03. The van der Waals surface area contributed by atoms with Gasteiger partial charge in [0.1, 0.15) is 30.8 Å². The van der Waals surface area contributed by atoms with Crippen molar-refractivity contribution in [3.05, 3.63) is 35.4 Å². The standard InChI is InChI=1S/C20H23ClN2O7S/c1-12(20(24)22-15-11-17(27-2)14(21)10-18(15)28-3)23(31(4,25)26)13-5-6-16-19(9-13)30-8-7-29-16/h5-6,9-12H,7-8H2,1-4H3,(H,22,24)/t12-/m1/s1. The van der Waals surface area contributed by atoms with Crippen LogP contribution in [-0.4, -0.2) is 54.1 Å². The highest BCUT2D eigenvalue weighted by Crippen LogP contribution is 2.37. The molecule has 0 fully saturated rings. The van der Waals surface area contributed by atoms with Gasteiger partial charge in [-0.3, -0.25) is 9.10 Å². The molecule has 2 aromatic carbocycles. The van der Waals surface area contributed by atoms with Crippen LogP contribution >= 0.6 is 11.6 Å². The Bertz CT molecular complexity index is 1090. The van der Waals surface area contributed by atoms with Gasteiger partial charge in [-0.15, -0.1) is 0 Å². The number of nitrogens with one attached hydrogen (secondary N) is 1. The molecule has 0 aliphatic carbocycles. The first-order valence-corrected chi connectivity index (χ1v) is 11.5. The van der Waals surface area contributed by atoms with Crippen molar-refractivity contribution in [1.29, 1.82) is 0 Å². The Labute approximate surface area is 185 Å². The molecule has 31 heavy (non-hydrogen) atoms. The molecule has 9 nitrogen and oxygen atoms in total. The Morgan fingerprint density at radius 3 is 2.35 bits per heavy atom. The predicted molar refractivity (Wildman–Crippen MR) is 117 cm³/mol. The smallest absolute Gasteiger partial charge is 0.248 e. The lowest BCUT2D eigenvalue weighted by atomic mass is 10.2. The van der Waals surface area contributed by atoms with Crippen LogP contribution in [0.5, 0.6) is 23.0 Å². The molecule has 0 bridgehead atoms. The molecule has 1 atom stereocenters. The second kappa shape index (κ2) is 9.11. The van der Waals surface area contributed by atoms with Crippen LogP contribution in [-0.2, 0) is 14.8 Å². The first-order chi connectivity index (χ1) is 14.7. The summed E-state index contributed by atoms with van der Waals surface area (Å²) in [6.45, 7) is 2.24. The zero-order valence-electron chi connectivity index (χ0n) is 17.5. The molecule has 0 spiro atoms. The van der Waals surface area contributed by atoms with Crippen molar-refractivity contribution in [1.82, 2.24) is 0 Å². The lowest BCUT2D eigenvalue weighted by Crippen LogP contribution is -2.45. The Morgan fingerprint density at radius 1 is 1.10 bits per heavy atom. The number of rotatable bonds is 7. The van der Waals surface area contributed by atoms with Crippen LogP contribution < -0.4 is 28.6 Å². The quantitative estimate of drug-likeness (QED) is 0.663. The van der Waals surface area contributed by atoms with E-state index in [0.29, 0.717) is 41.2 Å². The van der Waals surface area contributed by atoms with E-state index in [1.807, 2.05) is 0 Å². The Morgan fingerprint density at radius 2 is 1.74 bits per heavy atom. The molecule has 168 valence electrons. The van der Waals surface area contributed by atoms with Crippen molar-refractivity contribution in [2.75, 3.05) is 43.3 Å². The molecule has 1 N–H and O–H groups in total. The molecular formula is C20H23ClN2O7S. The summed E-state index contributed by atoms with van der Waals surface area (Å²) in [5, 5.41) is 2.99. The summed E-state index contributed by atoms with van der Waals surface area (Å²) < 4.78 is 47.6. The first kappa shape index (κ1) is 22.8. The van der Waals surface area contributed by atoms with Gasteiger partial charge < -0.3 is 24.3 Å². The number of amides is 1. The summed E-state index contributed by atoms with van der Waals surface area (Å²) in [6, 6.07) is 6.61. The van der Waals surface area contributed by atoms with Crippen molar-refractivity contribution < 1.29 is 32.2 Å². The maximum atomic E-state index is 13.0. The number of benzene rings is 2. The van der Waals surface area contributed by atoms with Gasteiger partial charge in [-0.1, -0.05) is 11.6 Å². The lowest BCUT2D eigenvalue weighted by molar-refractivity contribution is -0.116. The van der Waals surface area contributed by atoms with Gasteiger partial charge in [0.25, 0.3) is 0 Å². The zero-order chi connectivity index (χ0) is 22.8. The minimum absolute atomic E-state index is 0.273. The molecule has 1 amide bonds. The number of hydrogen-bond acceptors (Lipinski definition) is 7. The van der Waals surface area contributed by atoms with Gasteiger partial charge in [0, 0.05) is 18.2 Å². The molecular weight excluding hydrogens is 448 g/mol. The van der Waals surface area contributed by atoms with Gasteiger partial charge in [0.05, 0.1) is 36.9 Å². The molecule has 1 aliphatic rings. The van der Waals surface area contributed by atoms with Gasteiger partial charge in [-0.2, -0.15) is 0 Å². The van der Waals surface area contributed by atoms with E-state index in [1.54, 1.807) is 12.1 Å². The number of fused-ring (bicyclic) bond motifs is 1. The fourth-order valence-corrected chi connectivity index (χ4v) is 4.57. The fourth-order valence-electron chi connectivity index (χ4n) is 3.17. The number of ether oxygens (including phenoxy) is 4. The number of methoxy groups -OCH3 is 2. The lowest BCUT2D eigenvalue weighted by Gasteiger charge is -2.29. The molecule has 0 unspecified atom stereocenters. The van der Waals surface area contributed by atoms with E-state index in [4.69, 9.17) is 30.5 Å². The van der Waals surface area contributed by atoms with Crippen LogP contribution in [0, 0.1) is 0 Å². The van der Waals surface area contributed by atoms with Gasteiger partial charge >= 0.3 is 0 Å². The van der Waals surface area contributed by atoms with Crippen LogP contribution in [0.25, 0.3) is 0 Å². The minimum Gasteiger partial charge on any atom is -0.495 e.